The summed E-state index contributed by atoms with van der Waals surface area (Å²) in [5, 5.41) is 3.52. The van der Waals surface area contributed by atoms with Crippen LogP contribution in [0.1, 0.15) is 43.0 Å². The highest BCUT2D eigenvalue weighted by Crippen LogP contribution is 2.26. The summed E-state index contributed by atoms with van der Waals surface area (Å²) in [6.07, 6.45) is 0.226. The molecule has 0 spiro atoms. The van der Waals surface area contributed by atoms with Crippen LogP contribution in [0.2, 0.25) is 5.02 Å². The topological polar surface area (TPSA) is 86.8 Å². The Kier molecular flexibility index (Phi) is 10.7. The first-order valence-electron chi connectivity index (χ1n) is 14.8. The fourth-order valence-electron chi connectivity index (χ4n) is 4.99. The van der Waals surface area contributed by atoms with Crippen LogP contribution in [0, 0.1) is 13.8 Å². The van der Waals surface area contributed by atoms with Crippen molar-refractivity contribution in [2.45, 2.75) is 64.1 Å². The Balaban J connectivity index is 1.82. The van der Waals surface area contributed by atoms with Crippen LogP contribution >= 0.6 is 11.6 Å². The molecule has 0 bridgehead atoms. The van der Waals surface area contributed by atoms with Crippen molar-refractivity contribution >= 4 is 39.1 Å². The maximum absolute atomic E-state index is 14.5. The smallest absolute Gasteiger partial charge is 0.264 e. The molecule has 0 aliphatic carbocycles. The zero-order valence-corrected chi connectivity index (χ0v) is 27.9. The molecule has 4 aromatic carbocycles. The molecule has 4 aromatic rings. The highest BCUT2D eigenvalue weighted by Gasteiger charge is 2.35. The highest BCUT2D eigenvalue weighted by atomic mass is 35.5. The van der Waals surface area contributed by atoms with Gasteiger partial charge in [0.1, 0.15) is 12.6 Å². The lowest BCUT2D eigenvalue weighted by molar-refractivity contribution is -0.140. The number of anilines is 1. The van der Waals surface area contributed by atoms with Gasteiger partial charge in [-0.1, -0.05) is 83.9 Å². The molecule has 2 amide bonds. The van der Waals surface area contributed by atoms with E-state index in [1.807, 2.05) is 77.1 Å². The molecule has 0 aromatic heterocycles. The van der Waals surface area contributed by atoms with Crippen molar-refractivity contribution in [3.05, 3.63) is 130 Å². The van der Waals surface area contributed by atoms with Crippen molar-refractivity contribution in [2.75, 3.05) is 10.8 Å². The molecular formula is C36H40ClN3O4S. The quantitative estimate of drug-likeness (QED) is 0.197. The molecule has 0 unspecified atom stereocenters. The number of nitrogens with zero attached hydrogens (tertiary/aromatic N) is 2. The van der Waals surface area contributed by atoms with Gasteiger partial charge in [0.05, 0.1) is 10.6 Å². The average Bonchev–Trinajstić information content (AvgIpc) is 2.97. The molecule has 7 nitrogen and oxygen atoms in total. The van der Waals surface area contributed by atoms with Gasteiger partial charge in [0.2, 0.25) is 11.8 Å². The zero-order valence-electron chi connectivity index (χ0n) is 26.3. The minimum absolute atomic E-state index is 0.0424. The summed E-state index contributed by atoms with van der Waals surface area (Å²) in [5.74, 6) is -0.873. The predicted molar refractivity (Wildman–Crippen MR) is 181 cm³/mol. The largest absolute Gasteiger partial charge is 0.350 e. The first kappa shape index (κ1) is 33.7. The van der Waals surface area contributed by atoms with Crippen molar-refractivity contribution in [2.24, 2.45) is 0 Å². The van der Waals surface area contributed by atoms with Gasteiger partial charge in [-0.3, -0.25) is 13.9 Å². The Morgan fingerprint density at radius 2 is 1.44 bits per heavy atom. The summed E-state index contributed by atoms with van der Waals surface area (Å²) < 4.78 is 29.4. The number of carbonyl (C=O) groups is 2. The third-order valence-electron chi connectivity index (χ3n) is 7.19. The molecule has 1 atom stereocenters. The third kappa shape index (κ3) is 9.19. The van der Waals surface area contributed by atoms with E-state index in [-0.39, 0.29) is 23.8 Å². The number of hydrogen-bond acceptors (Lipinski definition) is 4. The van der Waals surface area contributed by atoms with E-state index >= 15 is 0 Å². The van der Waals surface area contributed by atoms with E-state index in [0.717, 1.165) is 21.0 Å². The van der Waals surface area contributed by atoms with Crippen molar-refractivity contribution in [1.82, 2.24) is 10.2 Å². The average molecular weight is 646 g/mol. The number of rotatable bonds is 11. The van der Waals surface area contributed by atoms with Gasteiger partial charge in [-0.05, 0) is 87.7 Å². The maximum Gasteiger partial charge on any atom is 0.264 e. The van der Waals surface area contributed by atoms with Gasteiger partial charge in [0.15, 0.2) is 0 Å². The number of carbonyl (C=O) groups excluding carboxylic acids is 2. The normalized spacial score (nSPS) is 12.3. The molecule has 0 heterocycles. The van der Waals surface area contributed by atoms with Crippen LogP contribution in [0.3, 0.4) is 0 Å². The van der Waals surface area contributed by atoms with Crippen LogP contribution in [0.15, 0.2) is 108 Å². The summed E-state index contributed by atoms with van der Waals surface area (Å²) in [6, 6.07) is 29.1. The standard InChI is InChI=1S/C36H40ClN3O4S/c1-26-17-19-32(20-18-26)45(43,44)40(31-16-9-11-27(2)21-31)25-34(41)39(24-29-14-10-15-30(37)22-29)33(35(42)38-36(3,4)5)23-28-12-7-6-8-13-28/h6-22,33H,23-25H2,1-5H3,(H,38,42)/t33-/m1/s1. The van der Waals surface area contributed by atoms with E-state index in [4.69, 9.17) is 11.6 Å². The minimum atomic E-state index is -4.17. The number of amides is 2. The molecule has 1 N–H and O–H groups in total. The second-order valence-electron chi connectivity index (χ2n) is 12.3. The van der Waals surface area contributed by atoms with Crippen LogP contribution in [0.5, 0.6) is 0 Å². The first-order chi connectivity index (χ1) is 21.2. The lowest BCUT2D eigenvalue weighted by Gasteiger charge is -2.35. The molecule has 0 saturated heterocycles. The van der Waals surface area contributed by atoms with Gasteiger partial charge in [-0.2, -0.15) is 0 Å². The van der Waals surface area contributed by atoms with Crippen LogP contribution in [-0.4, -0.2) is 43.3 Å². The van der Waals surface area contributed by atoms with E-state index in [0.29, 0.717) is 16.3 Å². The van der Waals surface area contributed by atoms with Gasteiger partial charge >= 0.3 is 0 Å². The molecule has 0 aliphatic rings. The van der Waals surface area contributed by atoms with E-state index in [9.17, 15) is 18.0 Å². The van der Waals surface area contributed by atoms with Gasteiger partial charge in [0.25, 0.3) is 10.0 Å². The van der Waals surface area contributed by atoms with Gasteiger partial charge < -0.3 is 10.2 Å². The SMILES string of the molecule is Cc1ccc(S(=O)(=O)N(CC(=O)N(Cc2cccc(Cl)c2)[C@H](Cc2ccccc2)C(=O)NC(C)(C)C)c2cccc(C)c2)cc1. The Morgan fingerprint density at radius 3 is 2.07 bits per heavy atom. The van der Waals surface area contributed by atoms with Crippen LogP contribution in [0.25, 0.3) is 0 Å². The Morgan fingerprint density at radius 1 is 0.800 bits per heavy atom. The summed E-state index contributed by atoms with van der Waals surface area (Å²) in [5.41, 5.74) is 3.10. The molecule has 0 fully saturated rings. The lowest BCUT2D eigenvalue weighted by atomic mass is 10.0. The monoisotopic (exact) mass is 645 g/mol. The maximum atomic E-state index is 14.5. The molecule has 0 aliphatic heterocycles. The summed E-state index contributed by atoms with van der Waals surface area (Å²) in [4.78, 5) is 30.0. The number of aryl methyl sites for hydroxylation is 2. The zero-order chi connectivity index (χ0) is 32.8. The van der Waals surface area contributed by atoms with Crippen molar-refractivity contribution < 1.29 is 18.0 Å². The molecule has 45 heavy (non-hydrogen) atoms. The van der Waals surface area contributed by atoms with E-state index < -0.39 is 34.1 Å². The number of halogens is 1. The lowest BCUT2D eigenvalue weighted by Crippen LogP contribution is -2.56. The second-order valence-corrected chi connectivity index (χ2v) is 14.6. The summed E-state index contributed by atoms with van der Waals surface area (Å²) in [7, 11) is -4.17. The summed E-state index contributed by atoms with van der Waals surface area (Å²) in [6.45, 7) is 8.89. The van der Waals surface area contributed by atoms with Crippen LogP contribution in [0.4, 0.5) is 5.69 Å². The number of hydrogen-bond donors (Lipinski definition) is 1. The number of sulfonamides is 1. The minimum Gasteiger partial charge on any atom is -0.350 e. The van der Waals surface area contributed by atoms with Gasteiger partial charge in [0, 0.05) is 23.5 Å². The predicted octanol–water partition coefficient (Wildman–Crippen LogP) is 6.71. The molecule has 9 heteroatoms. The molecule has 0 radical (unpaired) electrons. The molecule has 4 rings (SSSR count). The van der Waals surface area contributed by atoms with Crippen LogP contribution in [-0.2, 0) is 32.6 Å². The van der Waals surface area contributed by atoms with Crippen LogP contribution < -0.4 is 9.62 Å². The Bertz CT molecular complexity index is 1740. The first-order valence-corrected chi connectivity index (χ1v) is 16.6. The highest BCUT2D eigenvalue weighted by molar-refractivity contribution is 7.92. The van der Waals surface area contributed by atoms with Gasteiger partial charge in [-0.15, -0.1) is 0 Å². The third-order valence-corrected chi connectivity index (χ3v) is 9.21. The second kappa shape index (κ2) is 14.3. The van der Waals surface area contributed by atoms with Crippen molar-refractivity contribution in [1.29, 1.82) is 0 Å². The fourth-order valence-corrected chi connectivity index (χ4v) is 6.61. The fraction of sp³-hybridized carbons (Fsp3) is 0.278. The molecular weight excluding hydrogens is 606 g/mol. The molecule has 236 valence electrons. The number of benzene rings is 4. The number of nitrogens with one attached hydrogen (secondary N) is 1. The van der Waals surface area contributed by atoms with E-state index in [1.54, 1.807) is 48.5 Å². The van der Waals surface area contributed by atoms with Gasteiger partial charge in [-0.25, -0.2) is 8.42 Å². The Labute approximate surface area is 271 Å². The van der Waals surface area contributed by atoms with Crippen molar-refractivity contribution in [3.63, 3.8) is 0 Å². The van der Waals surface area contributed by atoms with E-state index in [2.05, 4.69) is 5.32 Å². The van der Waals surface area contributed by atoms with Crippen molar-refractivity contribution in [3.8, 4) is 0 Å². The van der Waals surface area contributed by atoms with E-state index in [1.165, 1.54) is 17.0 Å². The Hall–Kier alpha value is -4.14. The summed E-state index contributed by atoms with van der Waals surface area (Å²) >= 11 is 6.31. The molecule has 0 saturated carbocycles.